The van der Waals surface area contributed by atoms with Crippen LogP contribution in [0.3, 0.4) is 0 Å². The van der Waals surface area contributed by atoms with Crippen molar-refractivity contribution in [1.29, 1.82) is 0 Å². The van der Waals surface area contributed by atoms with Gasteiger partial charge in [0.2, 0.25) is 0 Å². The SMILES string of the molecule is COCCNCc1snnc1C1(C)CC1. The summed E-state index contributed by atoms with van der Waals surface area (Å²) in [5.41, 5.74) is 1.53. The number of aromatic nitrogens is 2. The molecule has 0 bridgehead atoms. The Morgan fingerprint density at radius 2 is 2.33 bits per heavy atom. The summed E-state index contributed by atoms with van der Waals surface area (Å²) in [6, 6.07) is 0. The predicted octanol–water partition coefficient (Wildman–Crippen LogP) is 1.33. The largest absolute Gasteiger partial charge is 0.383 e. The molecule has 1 aliphatic rings. The van der Waals surface area contributed by atoms with Gasteiger partial charge in [0, 0.05) is 25.6 Å². The summed E-state index contributed by atoms with van der Waals surface area (Å²) in [4.78, 5) is 1.28. The Labute approximate surface area is 94.2 Å². The molecule has 5 heteroatoms. The van der Waals surface area contributed by atoms with Gasteiger partial charge >= 0.3 is 0 Å². The molecule has 0 unspecified atom stereocenters. The fourth-order valence-electron chi connectivity index (χ4n) is 1.58. The summed E-state index contributed by atoms with van der Waals surface area (Å²) in [5, 5.41) is 7.58. The van der Waals surface area contributed by atoms with Crippen LogP contribution >= 0.6 is 11.5 Å². The summed E-state index contributed by atoms with van der Waals surface area (Å²) < 4.78 is 9.03. The van der Waals surface area contributed by atoms with Gasteiger partial charge in [-0.25, -0.2) is 0 Å². The molecule has 0 aromatic carbocycles. The summed E-state index contributed by atoms with van der Waals surface area (Å²) >= 11 is 1.51. The molecule has 1 fully saturated rings. The van der Waals surface area contributed by atoms with E-state index in [1.165, 1.54) is 34.9 Å². The number of hydrogen-bond donors (Lipinski definition) is 1. The van der Waals surface area contributed by atoms with E-state index in [2.05, 4.69) is 21.8 Å². The van der Waals surface area contributed by atoms with E-state index in [1.54, 1.807) is 7.11 Å². The maximum absolute atomic E-state index is 4.98. The van der Waals surface area contributed by atoms with Crippen molar-refractivity contribution in [2.75, 3.05) is 20.3 Å². The van der Waals surface area contributed by atoms with E-state index in [9.17, 15) is 0 Å². The smallest absolute Gasteiger partial charge is 0.0859 e. The van der Waals surface area contributed by atoms with Crippen molar-refractivity contribution >= 4 is 11.5 Å². The van der Waals surface area contributed by atoms with E-state index in [-0.39, 0.29) is 0 Å². The first kappa shape index (κ1) is 11.0. The number of hydrogen-bond acceptors (Lipinski definition) is 5. The van der Waals surface area contributed by atoms with Crippen LogP contribution in [0.1, 0.15) is 30.3 Å². The van der Waals surface area contributed by atoms with Crippen LogP contribution in [0.4, 0.5) is 0 Å². The molecule has 0 amide bonds. The minimum absolute atomic E-state index is 0.325. The number of rotatable bonds is 6. The highest BCUT2D eigenvalue weighted by Crippen LogP contribution is 2.48. The van der Waals surface area contributed by atoms with E-state index in [4.69, 9.17) is 4.74 Å². The van der Waals surface area contributed by atoms with Gasteiger partial charge in [-0.3, -0.25) is 0 Å². The zero-order valence-corrected chi connectivity index (χ0v) is 10.1. The molecule has 84 valence electrons. The van der Waals surface area contributed by atoms with E-state index in [1.807, 2.05) is 0 Å². The molecule has 4 nitrogen and oxygen atoms in total. The van der Waals surface area contributed by atoms with E-state index < -0.39 is 0 Å². The summed E-state index contributed by atoms with van der Waals surface area (Å²) in [6.45, 7) is 4.76. The molecule has 0 saturated heterocycles. The molecule has 1 saturated carbocycles. The highest BCUT2D eigenvalue weighted by molar-refractivity contribution is 7.05. The number of methoxy groups -OCH3 is 1. The molecule has 15 heavy (non-hydrogen) atoms. The van der Waals surface area contributed by atoms with Gasteiger partial charge in [0.25, 0.3) is 0 Å². The molecule has 1 heterocycles. The first-order chi connectivity index (χ1) is 7.26. The minimum Gasteiger partial charge on any atom is -0.383 e. The lowest BCUT2D eigenvalue weighted by atomic mass is 10.0. The molecule has 1 aliphatic carbocycles. The van der Waals surface area contributed by atoms with Gasteiger partial charge in [-0.05, 0) is 24.4 Å². The van der Waals surface area contributed by atoms with Gasteiger partial charge in [-0.2, -0.15) is 0 Å². The van der Waals surface area contributed by atoms with Crippen molar-refractivity contribution < 1.29 is 4.74 Å². The molecule has 1 N–H and O–H groups in total. The summed E-state index contributed by atoms with van der Waals surface area (Å²) in [6.07, 6.45) is 2.51. The monoisotopic (exact) mass is 227 g/mol. The van der Waals surface area contributed by atoms with Crippen LogP contribution in [-0.2, 0) is 16.7 Å². The Kier molecular flexibility index (Phi) is 3.33. The van der Waals surface area contributed by atoms with Crippen LogP contribution < -0.4 is 5.32 Å². The van der Waals surface area contributed by atoms with Crippen LogP contribution in [0, 0.1) is 0 Å². The van der Waals surface area contributed by atoms with Crippen molar-refractivity contribution in [1.82, 2.24) is 14.9 Å². The van der Waals surface area contributed by atoms with Gasteiger partial charge in [0.05, 0.1) is 17.2 Å². The maximum atomic E-state index is 4.98. The average Bonchev–Trinajstić information content (AvgIpc) is 2.81. The molecular weight excluding hydrogens is 210 g/mol. The molecule has 1 aromatic rings. The second-order valence-corrected chi connectivity index (χ2v) is 5.11. The standard InChI is InChI=1S/C10H17N3OS/c1-10(3-4-10)9-8(15-13-12-9)7-11-5-6-14-2/h11H,3-7H2,1-2H3. The Bertz CT molecular complexity index is 322. The summed E-state index contributed by atoms with van der Waals surface area (Å²) in [5.74, 6) is 0. The number of nitrogens with zero attached hydrogens (tertiary/aromatic N) is 2. The third-order valence-electron chi connectivity index (χ3n) is 2.90. The minimum atomic E-state index is 0.325. The van der Waals surface area contributed by atoms with Crippen molar-refractivity contribution in [3.8, 4) is 0 Å². The third kappa shape index (κ3) is 2.53. The predicted molar refractivity (Wildman–Crippen MR) is 60.1 cm³/mol. The van der Waals surface area contributed by atoms with Gasteiger partial charge in [0.1, 0.15) is 0 Å². The van der Waals surface area contributed by atoms with Crippen molar-refractivity contribution in [2.24, 2.45) is 0 Å². The molecule has 2 rings (SSSR count). The van der Waals surface area contributed by atoms with Crippen LogP contribution in [0.15, 0.2) is 0 Å². The van der Waals surface area contributed by atoms with Crippen molar-refractivity contribution in [3.05, 3.63) is 10.6 Å². The second-order valence-electron chi connectivity index (χ2n) is 4.27. The first-order valence-electron chi connectivity index (χ1n) is 5.27. The Morgan fingerprint density at radius 3 is 3.00 bits per heavy atom. The fourth-order valence-corrected chi connectivity index (χ4v) is 2.34. The Morgan fingerprint density at radius 1 is 1.53 bits per heavy atom. The van der Waals surface area contributed by atoms with Crippen LogP contribution in [-0.4, -0.2) is 29.8 Å². The number of ether oxygens (including phenoxy) is 1. The lowest BCUT2D eigenvalue weighted by molar-refractivity contribution is 0.199. The normalized spacial score (nSPS) is 18.0. The average molecular weight is 227 g/mol. The van der Waals surface area contributed by atoms with Gasteiger partial charge < -0.3 is 10.1 Å². The van der Waals surface area contributed by atoms with E-state index in [0.29, 0.717) is 5.41 Å². The second kappa shape index (κ2) is 4.55. The molecular formula is C10H17N3OS. The molecule has 0 aliphatic heterocycles. The van der Waals surface area contributed by atoms with Gasteiger partial charge in [0.15, 0.2) is 0 Å². The molecule has 1 aromatic heterocycles. The third-order valence-corrected chi connectivity index (χ3v) is 3.62. The molecule has 0 radical (unpaired) electrons. The lowest BCUT2D eigenvalue weighted by Crippen LogP contribution is -2.19. The van der Waals surface area contributed by atoms with Crippen LogP contribution in [0.2, 0.25) is 0 Å². The highest BCUT2D eigenvalue weighted by atomic mass is 32.1. The quantitative estimate of drug-likeness (QED) is 0.745. The van der Waals surface area contributed by atoms with E-state index >= 15 is 0 Å². The number of nitrogens with one attached hydrogen (secondary N) is 1. The zero-order chi connectivity index (χ0) is 10.7. The lowest BCUT2D eigenvalue weighted by Gasteiger charge is -2.07. The topological polar surface area (TPSA) is 47.0 Å². The van der Waals surface area contributed by atoms with Crippen LogP contribution in [0.25, 0.3) is 0 Å². The van der Waals surface area contributed by atoms with E-state index in [0.717, 1.165) is 19.7 Å². The summed E-state index contributed by atoms with van der Waals surface area (Å²) in [7, 11) is 1.71. The fraction of sp³-hybridized carbons (Fsp3) is 0.800. The maximum Gasteiger partial charge on any atom is 0.0859 e. The Hall–Kier alpha value is -0.520. The first-order valence-corrected chi connectivity index (χ1v) is 6.05. The van der Waals surface area contributed by atoms with Gasteiger partial charge in [-0.1, -0.05) is 11.4 Å². The Balaban J connectivity index is 1.88. The van der Waals surface area contributed by atoms with Crippen LogP contribution in [0.5, 0.6) is 0 Å². The van der Waals surface area contributed by atoms with Crippen molar-refractivity contribution in [3.63, 3.8) is 0 Å². The zero-order valence-electron chi connectivity index (χ0n) is 9.25. The van der Waals surface area contributed by atoms with Gasteiger partial charge in [-0.15, -0.1) is 5.10 Å². The molecule has 0 spiro atoms. The molecule has 0 atom stereocenters. The van der Waals surface area contributed by atoms with Crippen molar-refractivity contribution in [2.45, 2.75) is 31.7 Å². The highest BCUT2D eigenvalue weighted by Gasteiger charge is 2.43.